The molecule has 1 amide bonds. The molecule has 0 unspecified atom stereocenters. The lowest BCUT2D eigenvalue weighted by Gasteiger charge is -2.43. The molecule has 2 heterocycles. The van der Waals surface area contributed by atoms with Crippen LogP contribution in [0.4, 0.5) is 0 Å². The predicted molar refractivity (Wildman–Crippen MR) is 124 cm³/mol. The van der Waals surface area contributed by atoms with Gasteiger partial charge in [-0.15, -0.1) is 0 Å². The van der Waals surface area contributed by atoms with Crippen molar-refractivity contribution in [2.75, 3.05) is 27.4 Å². The van der Waals surface area contributed by atoms with Gasteiger partial charge < -0.3 is 24.1 Å². The lowest BCUT2D eigenvalue weighted by Crippen LogP contribution is -2.54. The number of amides is 1. The quantitative estimate of drug-likeness (QED) is 0.607. The first kappa shape index (κ1) is 20.9. The fraction of sp³-hybridized carbons (Fsp3) is 0.423. The fourth-order valence-corrected chi connectivity index (χ4v) is 5.01. The minimum atomic E-state index is 0.00865. The third kappa shape index (κ3) is 3.84. The molecule has 5 rings (SSSR count). The molecule has 1 N–H and O–H groups in total. The van der Waals surface area contributed by atoms with Crippen molar-refractivity contribution < 1.29 is 18.7 Å². The molecule has 168 valence electrons. The molecular weight excluding hydrogens is 404 g/mol. The zero-order chi connectivity index (χ0) is 22.1. The van der Waals surface area contributed by atoms with Gasteiger partial charge in [-0.2, -0.15) is 0 Å². The van der Waals surface area contributed by atoms with Crippen molar-refractivity contribution in [1.29, 1.82) is 0 Å². The molecular formula is C26H30N2O4. The summed E-state index contributed by atoms with van der Waals surface area (Å²) < 4.78 is 17.3. The van der Waals surface area contributed by atoms with Gasteiger partial charge in [0.25, 0.3) is 0 Å². The Morgan fingerprint density at radius 3 is 2.47 bits per heavy atom. The number of nitrogens with zero attached hydrogens (tertiary/aromatic N) is 1. The maximum atomic E-state index is 13.2. The molecule has 2 aromatic carbocycles. The normalized spacial score (nSPS) is 17.1. The Hall–Kier alpha value is -2.99. The zero-order valence-electron chi connectivity index (χ0n) is 18.8. The van der Waals surface area contributed by atoms with E-state index in [9.17, 15) is 4.79 Å². The second kappa shape index (κ2) is 8.51. The first-order valence-corrected chi connectivity index (χ1v) is 11.4. The largest absolute Gasteiger partial charge is 0.456 e. The van der Waals surface area contributed by atoms with Gasteiger partial charge in [0.05, 0.1) is 6.42 Å². The lowest BCUT2D eigenvalue weighted by molar-refractivity contribution is -0.121. The molecule has 6 heteroatoms. The van der Waals surface area contributed by atoms with Gasteiger partial charge in [0.1, 0.15) is 11.3 Å². The van der Waals surface area contributed by atoms with Crippen molar-refractivity contribution in [3.05, 3.63) is 48.0 Å². The SMILES string of the molecule is CN(C)C1(CNC(=O)Cc2c(-c3ccccc3)oc3cc4c(cc23)OCO4)CCCCC1. The van der Waals surface area contributed by atoms with Crippen LogP contribution < -0.4 is 14.8 Å². The Labute approximate surface area is 188 Å². The van der Waals surface area contributed by atoms with Crippen LogP contribution in [-0.4, -0.2) is 43.8 Å². The van der Waals surface area contributed by atoms with Gasteiger partial charge in [-0.25, -0.2) is 0 Å². The zero-order valence-corrected chi connectivity index (χ0v) is 18.8. The molecule has 0 atom stereocenters. The van der Waals surface area contributed by atoms with E-state index in [0.29, 0.717) is 23.6 Å². The number of rotatable bonds is 6. The Morgan fingerprint density at radius 2 is 1.75 bits per heavy atom. The molecule has 32 heavy (non-hydrogen) atoms. The minimum Gasteiger partial charge on any atom is -0.456 e. The van der Waals surface area contributed by atoms with Crippen LogP contribution in [0.2, 0.25) is 0 Å². The summed E-state index contributed by atoms with van der Waals surface area (Å²) in [7, 11) is 4.24. The number of hydrogen-bond acceptors (Lipinski definition) is 5. The van der Waals surface area contributed by atoms with Crippen LogP contribution in [0.25, 0.3) is 22.3 Å². The van der Waals surface area contributed by atoms with Gasteiger partial charge in [0.15, 0.2) is 11.5 Å². The molecule has 1 fully saturated rings. The molecule has 1 aliphatic heterocycles. The number of carbonyl (C=O) groups is 1. The van der Waals surface area contributed by atoms with E-state index < -0.39 is 0 Å². The first-order valence-electron chi connectivity index (χ1n) is 11.4. The molecule has 1 aromatic heterocycles. The van der Waals surface area contributed by atoms with E-state index in [-0.39, 0.29) is 24.7 Å². The number of benzene rings is 2. The summed E-state index contributed by atoms with van der Waals surface area (Å²) >= 11 is 0. The number of likely N-dealkylation sites (N-methyl/N-ethyl adjacent to an activating group) is 1. The van der Waals surface area contributed by atoms with Crippen molar-refractivity contribution in [1.82, 2.24) is 10.2 Å². The van der Waals surface area contributed by atoms with Crippen LogP contribution in [0.15, 0.2) is 46.9 Å². The van der Waals surface area contributed by atoms with Crippen LogP contribution in [0, 0.1) is 0 Å². The summed E-state index contributed by atoms with van der Waals surface area (Å²) in [6.07, 6.45) is 6.19. The van der Waals surface area contributed by atoms with Gasteiger partial charge in [-0.3, -0.25) is 4.79 Å². The molecule has 1 aliphatic carbocycles. The molecule has 2 aliphatic rings. The highest BCUT2D eigenvalue weighted by Crippen LogP contribution is 2.42. The number of nitrogens with one attached hydrogen (secondary N) is 1. The minimum absolute atomic E-state index is 0.00865. The summed E-state index contributed by atoms with van der Waals surface area (Å²) in [5.41, 5.74) is 2.57. The Bertz CT molecular complexity index is 1110. The predicted octanol–water partition coefficient (Wildman–Crippen LogP) is 4.75. The summed E-state index contributed by atoms with van der Waals surface area (Å²) in [6, 6.07) is 13.7. The van der Waals surface area contributed by atoms with E-state index in [4.69, 9.17) is 13.9 Å². The van der Waals surface area contributed by atoms with Crippen molar-refractivity contribution in [2.45, 2.75) is 44.1 Å². The molecule has 1 saturated carbocycles. The average molecular weight is 435 g/mol. The topological polar surface area (TPSA) is 63.9 Å². The average Bonchev–Trinajstić information content (AvgIpc) is 3.41. The maximum absolute atomic E-state index is 13.2. The monoisotopic (exact) mass is 434 g/mol. The number of ether oxygens (including phenoxy) is 2. The van der Waals surface area contributed by atoms with E-state index >= 15 is 0 Å². The van der Waals surface area contributed by atoms with Gasteiger partial charge in [0, 0.05) is 34.7 Å². The number of furan rings is 1. The molecule has 6 nitrogen and oxygen atoms in total. The van der Waals surface area contributed by atoms with E-state index in [1.54, 1.807) is 0 Å². The fourth-order valence-electron chi connectivity index (χ4n) is 5.01. The summed E-state index contributed by atoms with van der Waals surface area (Å²) in [4.78, 5) is 15.4. The van der Waals surface area contributed by atoms with E-state index in [2.05, 4.69) is 24.3 Å². The molecule has 0 radical (unpaired) electrons. The highest BCUT2D eigenvalue weighted by atomic mass is 16.7. The summed E-state index contributed by atoms with van der Waals surface area (Å²) in [5.74, 6) is 2.09. The third-order valence-corrected chi connectivity index (χ3v) is 7.01. The standard InChI is InChI=1S/C26H30N2O4/c1-28(2)26(11-7-4-8-12-26)16-27-24(29)14-20-19-13-22-23(31-17-30-22)15-21(19)32-25(20)18-9-5-3-6-10-18/h3,5-6,9-10,13,15H,4,7-8,11-12,14,16-17H2,1-2H3,(H,27,29). The smallest absolute Gasteiger partial charge is 0.231 e. The summed E-state index contributed by atoms with van der Waals surface area (Å²) in [5, 5.41) is 4.12. The highest BCUT2D eigenvalue weighted by molar-refractivity contribution is 5.94. The summed E-state index contributed by atoms with van der Waals surface area (Å²) in [6.45, 7) is 0.873. The lowest BCUT2D eigenvalue weighted by atomic mass is 9.80. The highest BCUT2D eigenvalue weighted by Gasteiger charge is 2.34. The number of hydrogen-bond donors (Lipinski definition) is 1. The second-order valence-electron chi connectivity index (χ2n) is 9.11. The Kier molecular flexibility index (Phi) is 5.55. The van der Waals surface area contributed by atoms with E-state index in [1.807, 2.05) is 42.5 Å². The van der Waals surface area contributed by atoms with Crippen LogP contribution in [0.3, 0.4) is 0 Å². The van der Waals surface area contributed by atoms with E-state index in [0.717, 1.165) is 35.1 Å². The molecule has 0 bridgehead atoms. The number of fused-ring (bicyclic) bond motifs is 2. The van der Waals surface area contributed by atoms with Crippen LogP contribution >= 0.6 is 0 Å². The number of carbonyl (C=O) groups excluding carboxylic acids is 1. The van der Waals surface area contributed by atoms with Crippen molar-refractivity contribution in [3.8, 4) is 22.8 Å². The Balaban J connectivity index is 1.44. The van der Waals surface area contributed by atoms with Crippen LogP contribution in [0.5, 0.6) is 11.5 Å². The van der Waals surface area contributed by atoms with Gasteiger partial charge >= 0.3 is 0 Å². The van der Waals surface area contributed by atoms with Crippen molar-refractivity contribution in [3.63, 3.8) is 0 Å². The third-order valence-electron chi connectivity index (χ3n) is 7.01. The molecule has 0 spiro atoms. The Morgan fingerprint density at radius 1 is 1.03 bits per heavy atom. The van der Waals surface area contributed by atoms with Crippen LogP contribution in [0.1, 0.15) is 37.7 Å². The first-order chi connectivity index (χ1) is 15.6. The van der Waals surface area contributed by atoms with Crippen molar-refractivity contribution in [2.24, 2.45) is 0 Å². The van der Waals surface area contributed by atoms with Gasteiger partial charge in [-0.05, 0) is 33.0 Å². The van der Waals surface area contributed by atoms with Crippen LogP contribution in [-0.2, 0) is 11.2 Å². The molecule has 3 aromatic rings. The van der Waals surface area contributed by atoms with Gasteiger partial charge in [-0.1, -0.05) is 49.6 Å². The molecule has 0 saturated heterocycles. The van der Waals surface area contributed by atoms with Gasteiger partial charge in [0.2, 0.25) is 12.7 Å². The maximum Gasteiger partial charge on any atom is 0.231 e. The van der Waals surface area contributed by atoms with E-state index in [1.165, 1.54) is 19.3 Å². The second-order valence-corrected chi connectivity index (χ2v) is 9.11. The van der Waals surface area contributed by atoms with Crippen molar-refractivity contribution >= 4 is 16.9 Å².